The van der Waals surface area contributed by atoms with Gasteiger partial charge in [-0.3, -0.25) is 14.5 Å². The van der Waals surface area contributed by atoms with Crippen molar-refractivity contribution >= 4 is 11.6 Å². The minimum atomic E-state index is 0.757. The molecule has 22 heavy (non-hydrogen) atoms. The number of nitrogens with zero attached hydrogens (tertiary/aromatic N) is 6. The van der Waals surface area contributed by atoms with Crippen LogP contribution in [0.4, 0.5) is 0 Å². The number of aryl methyl sites for hydroxylation is 3. The molecule has 0 amide bonds. The lowest BCUT2D eigenvalue weighted by Crippen LogP contribution is -2.45. The van der Waals surface area contributed by atoms with Crippen LogP contribution < -0.4 is 0 Å². The molecule has 0 atom stereocenters. The molecule has 1 saturated heterocycles. The molecule has 7 heteroatoms. The first-order valence-corrected chi connectivity index (χ1v) is 8.01. The van der Waals surface area contributed by atoms with Crippen molar-refractivity contribution in [3.63, 3.8) is 0 Å². The minimum Gasteiger partial charge on any atom is -0.337 e. The second kappa shape index (κ2) is 6.40. The summed E-state index contributed by atoms with van der Waals surface area (Å²) in [5, 5.41) is 5.14. The predicted molar refractivity (Wildman–Crippen MR) is 86.7 cm³/mol. The van der Waals surface area contributed by atoms with E-state index in [1.54, 1.807) is 4.68 Å². The van der Waals surface area contributed by atoms with Gasteiger partial charge in [-0.15, -0.1) is 0 Å². The normalized spacial score (nSPS) is 17.3. The number of hydrogen-bond donors (Lipinski definition) is 0. The van der Waals surface area contributed by atoms with E-state index in [2.05, 4.69) is 24.4 Å². The number of rotatable bonds is 4. The second-order valence-corrected chi connectivity index (χ2v) is 6.34. The van der Waals surface area contributed by atoms with Crippen molar-refractivity contribution in [2.45, 2.75) is 20.0 Å². The fourth-order valence-electron chi connectivity index (χ4n) is 2.93. The van der Waals surface area contributed by atoms with Crippen molar-refractivity contribution in [2.75, 3.05) is 26.2 Å². The van der Waals surface area contributed by atoms with E-state index in [0.717, 1.165) is 61.5 Å². The third-order valence-electron chi connectivity index (χ3n) is 4.40. The summed E-state index contributed by atoms with van der Waals surface area (Å²) in [6.07, 6.45) is 3.86. The highest BCUT2D eigenvalue weighted by Gasteiger charge is 2.21. The first kappa shape index (κ1) is 15.5. The van der Waals surface area contributed by atoms with Crippen LogP contribution >= 0.6 is 11.6 Å². The molecule has 120 valence electrons. The summed E-state index contributed by atoms with van der Waals surface area (Å²) in [5.74, 6) is 1.12. The van der Waals surface area contributed by atoms with E-state index >= 15 is 0 Å². The summed E-state index contributed by atoms with van der Waals surface area (Å²) < 4.78 is 3.84. The summed E-state index contributed by atoms with van der Waals surface area (Å²) in [4.78, 5) is 9.31. The van der Waals surface area contributed by atoms with Gasteiger partial charge < -0.3 is 4.57 Å². The van der Waals surface area contributed by atoms with Crippen LogP contribution in [0, 0.1) is 6.92 Å². The largest absolute Gasteiger partial charge is 0.337 e. The number of imidazole rings is 1. The predicted octanol–water partition coefficient (Wildman–Crippen LogP) is 1.43. The van der Waals surface area contributed by atoms with Crippen LogP contribution in [0.25, 0.3) is 0 Å². The zero-order valence-corrected chi connectivity index (χ0v) is 14.2. The molecule has 0 saturated carbocycles. The van der Waals surface area contributed by atoms with E-state index in [0.29, 0.717) is 0 Å². The molecule has 2 aromatic heterocycles. The van der Waals surface area contributed by atoms with Crippen LogP contribution in [0.2, 0.25) is 5.15 Å². The molecule has 0 aliphatic carbocycles. The minimum absolute atomic E-state index is 0.757. The van der Waals surface area contributed by atoms with Crippen molar-refractivity contribution < 1.29 is 0 Å². The highest BCUT2D eigenvalue weighted by Crippen LogP contribution is 2.21. The fraction of sp³-hybridized carbons (Fsp3) is 0.600. The van der Waals surface area contributed by atoms with Gasteiger partial charge in [-0.2, -0.15) is 5.10 Å². The molecule has 0 spiro atoms. The van der Waals surface area contributed by atoms with Crippen molar-refractivity contribution in [2.24, 2.45) is 14.1 Å². The Labute approximate surface area is 136 Å². The number of hydrogen-bond acceptors (Lipinski definition) is 4. The van der Waals surface area contributed by atoms with E-state index in [9.17, 15) is 0 Å². The van der Waals surface area contributed by atoms with Crippen LogP contribution in [-0.2, 0) is 27.2 Å². The molecule has 0 aromatic carbocycles. The quantitative estimate of drug-likeness (QED) is 0.854. The zero-order valence-electron chi connectivity index (χ0n) is 13.5. The highest BCUT2D eigenvalue weighted by molar-refractivity contribution is 6.30. The fourth-order valence-corrected chi connectivity index (χ4v) is 3.17. The Hall–Kier alpha value is -1.37. The molecular weight excluding hydrogens is 300 g/mol. The topological polar surface area (TPSA) is 42.1 Å². The van der Waals surface area contributed by atoms with Crippen LogP contribution in [0.3, 0.4) is 0 Å². The average molecular weight is 323 g/mol. The summed E-state index contributed by atoms with van der Waals surface area (Å²) in [5.41, 5.74) is 2.18. The van der Waals surface area contributed by atoms with E-state index < -0.39 is 0 Å². The second-order valence-electron chi connectivity index (χ2n) is 5.99. The van der Waals surface area contributed by atoms with Gasteiger partial charge >= 0.3 is 0 Å². The van der Waals surface area contributed by atoms with Gasteiger partial charge in [0.1, 0.15) is 11.0 Å². The SMILES string of the molecule is Cc1nn(C)c(Cl)c1CN1CCN(Cc2nccn2C)CC1. The number of piperazine rings is 1. The highest BCUT2D eigenvalue weighted by atomic mass is 35.5. The van der Waals surface area contributed by atoms with Gasteiger partial charge in [0, 0.05) is 64.8 Å². The Morgan fingerprint density at radius 2 is 1.73 bits per heavy atom. The van der Waals surface area contributed by atoms with Crippen molar-refractivity contribution in [3.05, 3.63) is 34.6 Å². The lowest BCUT2D eigenvalue weighted by Gasteiger charge is -2.34. The van der Waals surface area contributed by atoms with Crippen LogP contribution in [0.1, 0.15) is 17.1 Å². The maximum absolute atomic E-state index is 6.33. The number of halogens is 1. The average Bonchev–Trinajstić information content (AvgIpc) is 3.00. The van der Waals surface area contributed by atoms with E-state index in [-0.39, 0.29) is 0 Å². The van der Waals surface area contributed by atoms with Gasteiger partial charge in [0.05, 0.1) is 12.2 Å². The van der Waals surface area contributed by atoms with Gasteiger partial charge in [-0.25, -0.2) is 4.98 Å². The first-order chi connectivity index (χ1) is 10.5. The monoisotopic (exact) mass is 322 g/mol. The molecule has 1 aliphatic rings. The van der Waals surface area contributed by atoms with Crippen LogP contribution in [0.15, 0.2) is 12.4 Å². The van der Waals surface area contributed by atoms with Gasteiger partial charge in [0.25, 0.3) is 0 Å². The summed E-state index contributed by atoms with van der Waals surface area (Å²) >= 11 is 6.33. The summed E-state index contributed by atoms with van der Waals surface area (Å²) in [6.45, 7) is 8.05. The standard InChI is InChI=1S/C15H23ClN6/c1-12-13(15(16)20(3)18-12)10-21-6-8-22(9-7-21)11-14-17-4-5-19(14)2/h4-5H,6-11H2,1-3H3. The van der Waals surface area contributed by atoms with Crippen molar-refractivity contribution in [1.82, 2.24) is 29.1 Å². The molecule has 1 fully saturated rings. The van der Waals surface area contributed by atoms with Gasteiger partial charge in [0.2, 0.25) is 0 Å². The first-order valence-electron chi connectivity index (χ1n) is 7.63. The van der Waals surface area contributed by atoms with E-state index in [1.807, 2.05) is 33.4 Å². The molecule has 0 unspecified atom stereocenters. The Balaban J connectivity index is 1.54. The molecule has 0 radical (unpaired) electrons. The number of aromatic nitrogens is 4. The molecule has 3 heterocycles. The molecule has 0 bridgehead atoms. The van der Waals surface area contributed by atoms with Gasteiger partial charge in [-0.05, 0) is 6.92 Å². The molecule has 2 aromatic rings. The van der Waals surface area contributed by atoms with Crippen molar-refractivity contribution in [3.8, 4) is 0 Å². The molecular formula is C15H23ClN6. The maximum Gasteiger partial charge on any atom is 0.131 e. The van der Waals surface area contributed by atoms with Crippen LogP contribution in [-0.4, -0.2) is 55.3 Å². The molecule has 1 aliphatic heterocycles. The zero-order chi connectivity index (χ0) is 15.7. The summed E-state index contributed by atoms with van der Waals surface area (Å²) in [7, 11) is 3.94. The van der Waals surface area contributed by atoms with Gasteiger partial charge in [-0.1, -0.05) is 11.6 Å². The lowest BCUT2D eigenvalue weighted by molar-refractivity contribution is 0.119. The Morgan fingerprint density at radius 1 is 1.09 bits per heavy atom. The summed E-state index contributed by atoms with van der Waals surface area (Å²) in [6, 6.07) is 0. The smallest absolute Gasteiger partial charge is 0.131 e. The molecule has 6 nitrogen and oxygen atoms in total. The lowest BCUT2D eigenvalue weighted by atomic mass is 10.2. The van der Waals surface area contributed by atoms with Crippen LogP contribution in [0.5, 0.6) is 0 Å². The Kier molecular flexibility index (Phi) is 4.52. The van der Waals surface area contributed by atoms with E-state index in [4.69, 9.17) is 11.6 Å². The molecule has 0 N–H and O–H groups in total. The molecule has 3 rings (SSSR count). The van der Waals surface area contributed by atoms with Crippen molar-refractivity contribution in [1.29, 1.82) is 0 Å². The maximum atomic E-state index is 6.33. The van der Waals surface area contributed by atoms with Gasteiger partial charge in [0.15, 0.2) is 0 Å². The third kappa shape index (κ3) is 3.19. The Bertz CT molecular complexity index is 638. The Morgan fingerprint density at radius 3 is 2.23 bits per heavy atom. The third-order valence-corrected chi connectivity index (χ3v) is 4.88. The van der Waals surface area contributed by atoms with E-state index in [1.165, 1.54) is 0 Å².